The standard InChI is InChI=1S/C44H59NO8/c1-22(2)16-19-49-40(8,9)36-34(50-23(3)46)37-44(52-37)30(51-36)15-17-41(10)42(11)24(14-18-43(41,44)48)20-27-31-26-21-28-32(39(6,7)53-38(28,4)5)33(47)25(26)12-13-29(31)45-35(27)42/h12-13,16,24,28,30,32,34,36-37,45,48H,14-15,17-21H2,1-11H3/t24?,28-,30?,32-,34+,36-,37-,41+,42+,43-,44-/m0/s1. The van der Waals surface area contributed by atoms with Crippen molar-refractivity contribution < 1.29 is 38.4 Å². The molecule has 0 bridgehead atoms. The molecule has 2 aromatic rings. The van der Waals surface area contributed by atoms with Crippen molar-refractivity contribution >= 4 is 22.7 Å². The van der Waals surface area contributed by atoms with E-state index in [-0.39, 0.29) is 23.7 Å². The lowest BCUT2D eigenvalue weighted by Crippen LogP contribution is -2.77. The van der Waals surface area contributed by atoms with E-state index in [1.165, 1.54) is 23.6 Å². The van der Waals surface area contributed by atoms with E-state index in [4.69, 9.17) is 23.7 Å². The van der Waals surface area contributed by atoms with E-state index in [2.05, 4.69) is 52.6 Å². The van der Waals surface area contributed by atoms with Gasteiger partial charge in [-0.2, -0.15) is 0 Å². The van der Waals surface area contributed by atoms with E-state index in [1.807, 2.05) is 39.8 Å². The molecular weight excluding hydrogens is 670 g/mol. The summed E-state index contributed by atoms with van der Waals surface area (Å²) in [5.74, 6) is 0.0191. The van der Waals surface area contributed by atoms with Crippen molar-refractivity contribution in [3.63, 3.8) is 0 Å². The summed E-state index contributed by atoms with van der Waals surface area (Å²) >= 11 is 0. The number of aromatic nitrogens is 1. The minimum Gasteiger partial charge on any atom is -0.457 e. The van der Waals surface area contributed by atoms with E-state index >= 15 is 0 Å². The number of H-pyrrole nitrogens is 1. The molecule has 2 N–H and O–H groups in total. The number of allylic oxidation sites excluding steroid dienone is 1. The fourth-order valence-corrected chi connectivity index (χ4v) is 13.4. The minimum atomic E-state index is -1.24. The zero-order valence-electron chi connectivity index (χ0n) is 33.5. The van der Waals surface area contributed by atoms with Crippen LogP contribution in [-0.4, -0.2) is 80.9 Å². The summed E-state index contributed by atoms with van der Waals surface area (Å²) in [6.45, 7) is 22.9. The van der Waals surface area contributed by atoms with Gasteiger partial charge >= 0.3 is 5.97 Å². The Bertz CT molecular complexity index is 1970. The Morgan fingerprint density at radius 3 is 2.45 bits per heavy atom. The zero-order valence-corrected chi connectivity index (χ0v) is 33.5. The van der Waals surface area contributed by atoms with Crippen LogP contribution in [0.4, 0.5) is 0 Å². The minimum absolute atomic E-state index is 0.0942. The first-order chi connectivity index (χ1) is 24.6. The SMILES string of the molecule is CC(=O)O[C@@H]1[C@@H](C(C)(C)OCC=C(C)C)OC2CC[C@@]3(C)[C@@](O)(CCC4Cc5c([nH]c6ccc7c(c56)C[C@H]5[C@@H](C7=O)C(C)(C)OC5(C)C)[C@@]43C)[C@]23O[C@@H]13. The van der Waals surface area contributed by atoms with Gasteiger partial charge in [0.1, 0.15) is 17.8 Å². The average Bonchev–Trinajstić information content (AvgIpc) is 3.55. The lowest BCUT2D eigenvalue weighted by molar-refractivity contribution is -0.284. The molecule has 4 heterocycles. The van der Waals surface area contributed by atoms with Crippen molar-refractivity contribution in [1.82, 2.24) is 4.98 Å². The number of epoxide rings is 1. The Balaban J connectivity index is 1.11. The lowest BCUT2D eigenvalue weighted by atomic mass is 9.40. The van der Waals surface area contributed by atoms with Gasteiger partial charge < -0.3 is 33.8 Å². The molecule has 11 atom stereocenters. The molecule has 1 aromatic carbocycles. The fourth-order valence-electron chi connectivity index (χ4n) is 13.4. The van der Waals surface area contributed by atoms with Crippen LogP contribution in [0.1, 0.15) is 129 Å². The molecule has 7 aliphatic rings. The number of carbonyl (C=O) groups excluding carboxylic acids is 2. The summed E-state index contributed by atoms with van der Waals surface area (Å²) in [4.78, 5) is 30.9. The number of Topliss-reactive ketones (excluding diaryl/α,β-unsaturated/α-hetero) is 1. The van der Waals surface area contributed by atoms with Crippen molar-refractivity contribution in [2.75, 3.05) is 6.61 Å². The second-order valence-corrected chi connectivity index (χ2v) is 20.0. The Hall–Kier alpha value is -2.56. The number of hydrogen-bond donors (Lipinski definition) is 2. The maximum absolute atomic E-state index is 14.3. The van der Waals surface area contributed by atoms with Crippen LogP contribution in [0, 0.1) is 23.2 Å². The van der Waals surface area contributed by atoms with Crippen molar-refractivity contribution in [1.29, 1.82) is 0 Å². The van der Waals surface area contributed by atoms with Crippen LogP contribution in [0.2, 0.25) is 0 Å². The van der Waals surface area contributed by atoms with Crippen LogP contribution in [-0.2, 0) is 46.7 Å². The van der Waals surface area contributed by atoms with Crippen LogP contribution >= 0.6 is 0 Å². The Morgan fingerprint density at radius 2 is 1.75 bits per heavy atom. The third-order valence-corrected chi connectivity index (χ3v) is 16.0. The van der Waals surface area contributed by atoms with Gasteiger partial charge in [-0.3, -0.25) is 9.59 Å². The monoisotopic (exact) mass is 729 g/mol. The molecule has 3 aliphatic heterocycles. The largest absolute Gasteiger partial charge is 0.457 e. The summed E-state index contributed by atoms with van der Waals surface area (Å²) in [5.41, 5.74) is 1.76. The molecule has 1 spiro atoms. The second kappa shape index (κ2) is 10.8. The molecule has 5 fully saturated rings. The molecule has 2 unspecified atom stereocenters. The number of carbonyl (C=O) groups is 2. The number of ether oxygens (including phenoxy) is 5. The maximum atomic E-state index is 14.3. The normalized spacial score (nSPS) is 42.7. The number of ketones is 1. The summed E-state index contributed by atoms with van der Waals surface area (Å²) in [6, 6.07) is 4.13. The van der Waals surface area contributed by atoms with Gasteiger partial charge in [0.05, 0.1) is 35.4 Å². The molecule has 288 valence electrons. The van der Waals surface area contributed by atoms with E-state index in [1.54, 1.807) is 0 Å². The fraction of sp³-hybridized carbons (Fsp3) is 0.727. The number of hydrogen-bond acceptors (Lipinski definition) is 8. The number of aromatic amines is 1. The van der Waals surface area contributed by atoms with Gasteiger partial charge in [-0.15, -0.1) is 0 Å². The van der Waals surface area contributed by atoms with E-state index in [9.17, 15) is 14.7 Å². The maximum Gasteiger partial charge on any atom is 0.303 e. The quantitative estimate of drug-likeness (QED) is 0.191. The first-order valence-electron chi connectivity index (χ1n) is 20.1. The summed E-state index contributed by atoms with van der Waals surface area (Å²) in [5, 5.41) is 14.7. The first-order valence-corrected chi connectivity index (χ1v) is 20.1. The average molecular weight is 730 g/mol. The van der Waals surface area contributed by atoms with Gasteiger partial charge in [0, 0.05) is 45.8 Å². The van der Waals surface area contributed by atoms with Crippen molar-refractivity contribution in [2.45, 2.75) is 173 Å². The van der Waals surface area contributed by atoms with Crippen LogP contribution in [0.15, 0.2) is 23.8 Å². The molecule has 2 saturated carbocycles. The van der Waals surface area contributed by atoms with Gasteiger partial charge in [-0.25, -0.2) is 0 Å². The van der Waals surface area contributed by atoms with Gasteiger partial charge in [0.25, 0.3) is 0 Å². The lowest BCUT2D eigenvalue weighted by Gasteiger charge is -2.66. The summed E-state index contributed by atoms with van der Waals surface area (Å²) < 4.78 is 32.8. The van der Waals surface area contributed by atoms with Gasteiger partial charge in [-0.05, 0) is 123 Å². The van der Waals surface area contributed by atoms with E-state index < -0.39 is 63.1 Å². The molecule has 9 nitrogen and oxygen atoms in total. The van der Waals surface area contributed by atoms with Gasteiger partial charge in [0.2, 0.25) is 0 Å². The summed E-state index contributed by atoms with van der Waals surface area (Å²) in [7, 11) is 0. The second-order valence-electron chi connectivity index (χ2n) is 20.0. The van der Waals surface area contributed by atoms with Crippen molar-refractivity contribution in [2.24, 2.45) is 23.2 Å². The Kier molecular flexibility index (Phi) is 7.38. The molecule has 4 aliphatic carbocycles. The molecule has 0 amide bonds. The first kappa shape index (κ1) is 36.1. The molecule has 53 heavy (non-hydrogen) atoms. The zero-order chi connectivity index (χ0) is 38.1. The predicted molar refractivity (Wildman–Crippen MR) is 200 cm³/mol. The smallest absolute Gasteiger partial charge is 0.303 e. The third-order valence-electron chi connectivity index (χ3n) is 16.0. The van der Waals surface area contributed by atoms with Crippen molar-refractivity contribution in [3.05, 3.63) is 46.2 Å². The Labute approximate surface area is 313 Å². The highest BCUT2D eigenvalue weighted by Crippen LogP contribution is 2.75. The Morgan fingerprint density at radius 1 is 1.02 bits per heavy atom. The topological polar surface area (TPSA) is 120 Å². The summed E-state index contributed by atoms with van der Waals surface area (Å²) in [6.07, 6.45) is 4.41. The number of esters is 1. The number of rotatable bonds is 5. The third kappa shape index (κ3) is 4.38. The number of fused-ring (bicyclic) bond motifs is 10. The molecule has 9 heteroatoms. The van der Waals surface area contributed by atoms with Crippen LogP contribution < -0.4 is 0 Å². The molecule has 0 radical (unpaired) electrons. The predicted octanol–water partition coefficient (Wildman–Crippen LogP) is 7.08. The van der Waals surface area contributed by atoms with E-state index in [0.29, 0.717) is 25.4 Å². The van der Waals surface area contributed by atoms with Crippen LogP contribution in [0.25, 0.3) is 10.9 Å². The molecule has 1 aromatic heterocycles. The van der Waals surface area contributed by atoms with Crippen molar-refractivity contribution in [3.8, 4) is 0 Å². The van der Waals surface area contributed by atoms with Crippen LogP contribution in [0.3, 0.4) is 0 Å². The van der Waals surface area contributed by atoms with Gasteiger partial charge in [0.15, 0.2) is 17.5 Å². The van der Waals surface area contributed by atoms with E-state index in [0.717, 1.165) is 47.9 Å². The number of benzene rings is 1. The highest BCUT2D eigenvalue weighted by Gasteiger charge is 2.87. The molecule has 9 rings (SSSR count). The molecule has 3 saturated heterocycles. The molecular formula is C44H59NO8. The number of aliphatic hydroxyl groups is 1. The highest BCUT2D eigenvalue weighted by atomic mass is 16.7. The number of nitrogens with one attached hydrogen (secondary N) is 1. The highest BCUT2D eigenvalue weighted by molar-refractivity contribution is 6.06. The van der Waals surface area contributed by atoms with Crippen LogP contribution in [0.5, 0.6) is 0 Å². The van der Waals surface area contributed by atoms with Gasteiger partial charge in [-0.1, -0.05) is 25.5 Å².